The summed E-state index contributed by atoms with van der Waals surface area (Å²) in [6, 6.07) is 1.87. The Labute approximate surface area is 83.0 Å². The van der Waals surface area contributed by atoms with Crippen LogP contribution in [0.4, 0.5) is 0 Å². The number of oxime groups is 1. The van der Waals surface area contributed by atoms with Gasteiger partial charge in [0.15, 0.2) is 5.71 Å². The molecular formula is C9H14N2O3. The number of hydrogen-bond acceptors (Lipinski definition) is 4. The van der Waals surface area contributed by atoms with Gasteiger partial charge in [-0.05, 0) is 6.42 Å². The van der Waals surface area contributed by atoms with Crippen molar-refractivity contribution < 1.29 is 14.7 Å². The molecule has 0 saturated heterocycles. The molecule has 0 spiro atoms. The number of rotatable bonds is 7. The molecule has 0 radical (unpaired) electrons. The highest BCUT2D eigenvalue weighted by atomic mass is 16.6. The number of hydrogen-bond donors (Lipinski definition) is 1. The fraction of sp³-hybridized carbons (Fsp3) is 0.667. The van der Waals surface area contributed by atoms with E-state index in [1.807, 2.05) is 13.0 Å². The number of unbranched alkanes of at least 4 members (excludes halogenated alkanes) is 1. The molecule has 1 N–H and O–H groups in total. The van der Waals surface area contributed by atoms with E-state index in [-0.39, 0.29) is 18.7 Å². The van der Waals surface area contributed by atoms with E-state index in [1.54, 1.807) is 0 Å². The highest BCUT2D eigenvalue weighted by Gasteiger charge is 2.08. The fourth-order valence-corrected chi connectivity index (χ4v) is 0.751. The standard InChI is InChI=1S/C9H14N2O3/c1-2-3-5-8(9(12)13)11-14-7-4-6-10/h2-5,7H2,1H3,(H,12,13). The SMILES string of the molecule is CCCCC(=NOCCC#N)C(=O)O. The third-order valence-corrected chi connectivity index (χ3v) is 1.49. The minimum atomic E-state index is -1.06. The maximum absolute atomic E-state index is 10.6. The maximum Gasteiger partial charge on any atom is 0.353 e. The van der Waals surface area contributed by atoms with Crippen LogP contribution in [0.2, 0.25) is 0 Å². The molecule has 0 aliphatic carbocycles. The summed E-state index contributed by atoms with van der Waals surface area (Å²) in [5.74, 6) is -1.06. The Balaban J connectivity index is 3.93. The topological polar surface area (TPSA) is 82.7 Å². The predicted molar refractivity (Wildman–Crippen MR) is 50.8 cm³/mol. The molecule has 0 amide bonds. The van der Waals surface area contributed by atoms with Crippen LogP contribution >= 0.6 is 0 Å². The summed E-state index contributed by atoms with van der Waals surface area (Å²) >= 11 is 0. The van der Waals surface area contributed by atoms with Gasteiger partial charge in [-0.2, -0.15) is 5.26 Å². The van der Waals surface area contributed by atoms with Crippen molar-refractivity contribution in [2.24, 2.45) is 5.16 Å². The average Bonchev–Trinajstić information content (AvgIpc) is 2.16. The Hall–Kier alpha value is -1.57. The smallest absolute Gasteiger partial charge is 0.353 e. The monoisotopic (exact) mass is 198 g/mol. The zero-order valence-electron chi connectivity index (χ0n) is 8.19. The second kappa shape index (κ2) is 8.05. The quantitative estimate of drug-likeness (QED) is 0.382. The van der Waals surface area contributed by atoms with Crippen LogP contribution in [0.15, 0.2) is 5.16 Å². The third-order valence-electron chi connectivity index (χ3n) is 1.49. The zero-order chi connectivity index (χ0) is 10.8. The maximum atomic E-state index is 10.6. The van der Waals surface area contributed by atoms with Crippen molar-refractivity contribution in [3.8, 4) is 6.07 Å². The summed E-state index contributed by atoms with van der Waals surface area (Å²) in [5.41, 5.74) is 0.0183. The van der Waals surface area contributed by atoms with Crippen molar-refractivity contribution in [3.63, 3.8) is 0 Å². The molecular weight excluding hydrogens is 184 g/mol. The highest BCUT2D eigenvalue weighted by Crippen LogP contribution is 1.98. The molecule has 0 aromatic rings. The molecule has 0 rings (SSSR count). The summed E-state index contributed by atoms with van der Waals surface area (Å²) < 4.78 is 0. The first-order valence-corrected chi connectivity index (χ1v) is 4.51. The van der Waals surface area contributed by atoms with Gasteiger partial charge in [0, 0.05) is 6.42 Å². The largest absolute Gasteiger partial charge is 0.477 e. The summed E-state index contributed by atoms with van der Waals surface area (Å²) in [7, 11) is 0. The van der Waals surface area contributed by atoms with Crippen molar-refractivity contribution in [2.45, 2.75) is 32.6 Å². The van der Waals surface area contributed by atoms with E-state index in [0.29, 0.717) is 6.42 Å². The van der Waals surface area contributed by atoms with E-state index in [9.17, 15) is 4.79 Å². The summed E-state index contributed by atoms with van der Waals surface area (Å²) in [5, 5.41) is 20.3. The lowest BCUT2D eigenvalue weighted by Crippen LogP contribution is -2.13. The van der Waals surface area contributed by atoms with E-state index in [0.717, 1.165) is 12.8 Å². The highest BCUT2D eigenvalue weighted by molar-refractivity contribution is 6.35. The van der Waals surface area contributed by atoms with Crippen LogP contribution in [0.5, 0.6) is 0 Å². The number of aliphatic carboxylic acids is 1. The van der Waals surface area contributed by atoms with Crippen molar-refractivity contribution in [1.29, 1.82) is 5.26 Å². The van der Waals surface area contributed by atoms with Gasteiger partial charge in [-0.15, -0.1) is 0 Å². The molecule has 0 heterocycles. The van der Waals surface area contributed by atoms with Crippen LogP contribution in [-0.2, 0) is 9.63 Å². The van der Waals surface area contributed by atoms with Crippen molar-refractivity contribution in [1.82, 2.24) is 0 Å². The first-order valence-electron chi connectivity index (χ1n) is 4.51. The Bertz CT molecular complexity index is 243. The number of nitrogens with zero attached hydrogens (tertiary/aromatic N) is 2. The normalized spacial score (nSPS) is 10.7. The van der Waals surface area contributed by atoms with Crippen LogP contribution in [0, 0.1) is 11.3 Å². The number of carboxylic acid groups (broad SMARTS) is 1. The second-order valence-electron chi connectivity index (χ2n) is 2.69. The van der Waals surface area contributed by atoms with Gasteiger partial charge >= 0.3 is 5.97 Å². The van der Waals surface area contributed by atoms with Crippen LogP contribution in [0.25, 0.3) is 0 Å². The first kappa shape index (κ1) is 12.4. The molecule has 0 fully saturated rings. The molecule has 0 unspecified atom stereocenters. The van der Waals surface area contributed by atoms with Crippen molar-refractivity contribution in [2.75, 3.05) is 6.61 Å². The van der Waals surface area contributed by atoms with Gasteiger partial charge in [0.1, 0.15) is 6.61 Å². The van der Waals surface area contributed by atoms with E-state index >= 15 is 0 Å². The van der Waals surface area contributed by atoms with Crippen LogP contribution in [0.3, 0.4) is 0 Å². The van der Waals surface area contributed by atoms with Gasteiger partial charge in [0.25, 0.3) is 0 Å². The Kier molecular flexibility index (Phi) is 7.15. The zero-order valence-corrected chi connectivity index (χ0v) is 8.19. The van der Waals surface area contributed by atoms with E-state index in [1.165, 1.54) is 0 Å². The van der Waals surface area contributed by atoms with Crippen molar-refractivity contribution >= 4 is 11.7 Å². The van der Waals surface area contributed by atoms with Crippen LogP contribution in [0.1, 0.15) is 32.6 Å². The summed E-state index contributed by atoms with van der Waals surface area (Å²) in [4.78, 5) is 15.3. The van der Waals surface area contributed by atoms with Crippen LogP contribution < -0.4 is 0 Å². The average molecular weight is 198 g/mol. The Morgan fingerprint density at radius 1 is 1.64 bits per heavy atom. The molecule has 5 heteroatoms. The Morgan fingerprint density at radius 3 is 2.86 bits per heavy atom. The van der Waals surface area contributed by atoms with Gasteiger partial charge in [-0.1, -0.05) is 18.5 Å². The molecule has 0 aliphatic rings. The second-order valence-corrected chi connectivity index (χ2v) is 2.69. The first-order chi connectivity index (χ1) is 6.72. The molecule has 14 heavy (non-hydrogen) atoms. The lowest BCUT2D eigenvalue weighted by molar-refractivity contribution is -0.129. The number of nitriles is 1. The van der Waals surface area contributed by atoms with E-state index < -0.39 is 5.97 Å². The fourth-order valence-electron chi connectivity index (χ4n) is 0.751. The van der Waals surface area contributed by atoms with Gasteiger partial charge in [-0.25, -0.2) is 4.79 Å². The molecule has 5 nitrogen and oxygen atoms in total. The van der Waals surface area contributed by atoms with E-state index in [4.69, 9.17) is 10.4 Å². The summed E-state index contributed by atoms with van der Waals surface area (Å²) in [6.45, 7) is 2.11. The molecule has 0 bridgehead atoms. The molecule has 0 aromatic carbocycles. The minimum absolute atomic E-state index is 0.0183. The van der Waals surface area contributed by atoms with Crippen LogP contribution in [-0.4, -0.2) is 23.4 Å². The molecule has 0 aromatic heterocycles. The Morgan fingerprint density at radius 2 is 2.36 bits per heavy atom. The number of carboxylic acids is 1. The van der Waals surface area contributed by atoms with Gasteiger partial charge in [0.2, 0.25) is 0 Å². The summed E-state index contributed by atoms with van der Waals surface area (Å²) in [6.07, 6.45) is 2.29. The minimum Gasteiger partial charge on any atom is -0.477 e. The molecule has 78 valence electrons. The van der Waals surface area contributed by atoms with Gasteiger partial charge in [0.05, 0.1) is 12.5 Å². The van der Waals surface area contributed by atoms with E-state index in [2.05, 4.69) is 9.99 Å². The lowest BCUT2D eigenvalue weighted by atomic mass is 10.2. The predicted octanol–water partition coefficient (Wildman–Crippen LogP) is 1.55. The third kappa shape index (κ3) is 6.00. The molecule has 0 saturated carbocycles. The van der Waals surface area contributed by atoms with Crippen molar-refractivity contribution in [3.05, 3.63) is 0 Å². The lowest BCUT2D eigenvalue weighted by Gasteiger charge is -1.99. The number of carbonyl (C=O) groups is 1. The van der Waals surface area contributed by atoms with Gasteiger partial charge < -0.3 is 9.94 Å². The molecule has 0 aliphatic heterocycles. The van der Waals surface area contributed by atoms with Gasteiger partial charge in [-0.3, -0.25) is 0 Å². The molecule has 0 atom stereocenters.